The van der Waals surface area contributed by atoms with Crippen molar-refractivity contribution in [1.29, 1.82) is 0 Å². The number of hydrogen-bond acceptors (Lipinski definition) is 11. The van der Waals surface area contributed by atoms with Crippen molar-refractivity contribution >= 4 is 16.4 Å². The normalized spacial score (nSPS) is 19.6. The van der Waals surface area contributed by atoms with Gasteiger partial charge in [0.25, 0.3) is 0 Å². The predicted octanol–water partition coefficient (Wildman–Crippen LogP) is 12.8. The zero-order valence-corrected chi connectivity index (χ0v) is 42.8. The summed E-state index contributed by atoms with van der Waals surface area (Å²) < 4.78 is 59.3. The molecule has 0 amide bonds. The summed E-state index contributed by atoms with van der Waals surface area (Å²) in [6.07, 6.45) is 43.5. The molecule has 13 heteroatoms. The largest absolute Gasteiger partial charge is 0.457 e. The number of aliphatic hydroxyl groups excluding tert-OH is 3. The Morgan fingerprint density at radius 3 is 1.44 bits per heavy atom. The fourth-order valence-electron chi connectivity index (χ4n) is 8.47. The number of ether oxygens (including phenoxy) is 4. The molecule has 4 N–H and O–H groups in total. The van der Waals surface area contributed by atoms with Crippen LogP contribution in [-0.2, 0) is 38.3 Å². The molecule has 390 valence electrons. The van der Waals surface area contributed by atoms with Gasteiger partial charge in [0.1, 0.15) is 30.5 Å². The number of rotatable bonds is 48. The van der Waals surface area contributed by atoms with Crippen LogP contribution in [-0.4, -0.2) is 97.5 Å². The SMILES string of the molecule is CCCCCCC/C=C\C/C=C\CCCCCCCCCCCCCCOCC(COC1OC(CO)C(O)C(OS(=O)(=O)O)C1O)OC(=O)CCCCCCCCCCCCCCCCC. The average molecular weight is 961 g/mol. The van der Waals surface area contributed by atoms with E-state index in [1.54, 1.807) is 0 Å². The Bertz CT molecular complexity index is 1250. The number of aliphatic hydroxyl groups is 3. The maximum absolute atomic E-state index is 12.9. The average Bonchev–Trinajstić information content (AvgIpc) is 3.29. The molecule has 1 rings (SSSR count). The van der Waals surface area contributed by atoms with Crippen molar-refractivity contribution < 1.29 is 56.2 Å². The van der Waals surface area contributed by atoms with E-state index in [9.17, 15) is 33.1 Å². The van der Waals surface area contributed by atoms with Crippen LogP contribution >= 0.6 is 0 Å². The molecule has 0 bridgehead atoms. The topological polar surface area (TPSA) is 178 Å². The summed E-state index contributed by atoms with van der Waals surface area (Å²) >= 11 is 0. The first-order chi connectivity index (χ1) is 32.1. The summed E-state index contributed by atoms with van der Waals surface area (Å²) in [6.45, 7) is 4.02. The Morgan fingerprint density at radius 2 is 1.00 bits per heavy atom. The van der Waals surface area contributed by atoms with Crippen molar-refractivity contribution in [3.63, 3.8) is 0 Å². The van der Waals surface area contributed by atoms with E-state index in [0.717, 1.165) is 44.9 Å². The van der Waals surface area contributed by atoms with E-state index in [2.05, 4.69) is 42.3 Å². The van der Waals surface area contributed by atoms with E-state index < -0.39 is 59.8 Å². The number of hydrogen-bond donors (Lipinski definition) is 4. The predicted molar refractivity (Wildman–Crippen MR) is 267 cm³/mol. The van der Waals surface area contributed by atoms with Crippen LogP contribution in [0.15, 0.2) is 24.3 Å². The maximum atomic E-state index is 12.9. The Morgan fingerprint density at radius 1 is 0.576 bits per heavy atom. The zero-order valence-electron chi connectivity index (χ0n) is 42.0. The second-order valence-electron chi connectivity index (χ2n) is 18.8. The summed E-state index contributed by atoms with van der Waals surface area (Å²) in [5.41, 5.74) is 0. The number of allylic oxidation sites excluding steroid dienone is 4. The molecule has 66 heavy (non-hydrogen) atoms. The molecule has 0 aromatic heterocycles. The van der Waals surface area contributed by atoms with Gasteiger partial charge in [0.15, 0.2) is 6.29 Å². The van der Waals surface area contributed by atoms with Crippen molar-refractivity contribution in [3.8, 4) is 0 Å². The Hall–Kier alpha value is -1.42. The van der Waals surface area contributed by atoms with Crippen molar-refractivity contribution in [2.45, 2.75) is 282 Å². The zero-order chi connectivity index (χ0) is 48.2. The van der Waals surface area contributed by atoms with Crippen molar-refractivity contribution in [3.05, 3.63) is 24.3 Å². The molecule has 0 aromatic rings. The molecule has 0 aromatic carbocycles. The highest BCUT2D eigenvalue weighted by molar-refractivity contribution is 7.80. The quantitative estimate of drug-likeness (QED) is 0.0197. The van der Waals surface area contributed by atoms with Crippen LogP contribution in [0.4, 0.5) is 0 Å². The molecular weight excluding hydrogens is 861 g/mol. The van der Waals surface area contributed by atoms with Gasteiger partial charge >= 0.3 is 16.4 Å². The molecule has 1 heterocycles. The number of esters is 1. The molecule has 0 spiro atoms. The molecule has 12 nitrogen and oxygen atoms in total. The van der Waals surface area contributed by atoms with E-state index in [1.165, 1.54) is 173 Å². The van der Waals surface area contributed by atoms with E-state index in [1.807, 2.05) is 0 Å². The van der Waals surface area contributed by atoms with E-state index in [4.69, 9.17) is 18.9 Å². The van der Waals surface area contributed by atoms with Crippen molar-refractivity contribution in [1.82, 2.24) is 0 Å². The lowest BCUT2D eigenvalue weighted by Crippen LogP contribution is -2.60. The smallest absolute Gasteiger partial charge is 0.397 e. The standard InChI is InChI=1S/C53H100O12S/c1-3-5-7-9-11-13-15-17-19-20-21-22-23-24-25-26-27-29-31-33-35-37-39-41-43-61-45-47(46-62-53-51(57)52(65-66(58,59)60)50(56)48(44-54)64-53)63-49(55)42-40-38-36-34-32-30-28-18-16-14-12-10-8-6-4-2/h15,17,20-21,47-48,50-54,56-57H,3-14,16,18-19,22-46H2,1-2H3,(H,58,59,60)/b17-15-,21-20-. The Labute approximate surface area is 403 Å². The Balaban J connectivity index is 2.30. The molecule has 0 radical (unpaired) electrons. The van der Waals surface area contributed by atoms with Gasteiger partial charge in [0.05, 0.1) is 19.8 Å². The van der Waals surface area contributed by atoms with Crippen LogP contribution in [0.2, 0.25) is 0 Å². The molecule has 1 aliphatic rings. The van der Waals surface area contributed by atoms with Crippen LogP contribution in [0.3, 0.4) is 0 Å². The lowest BCUT2D eigenvalue weighted by atomic mass is 9.99. The van der Waals surface area contributed by atoms with Crippen LogP contribution in [0, 0.1) is 0 Å². The maximum Gasteiger partial charge on any atom is 0.397 e. The van der Waals surface area contributed by atoms with Gasteiger partial charge in [-0.2, -0.15) is 8.42 Å². The third-order valence-corrected chi connectivity index (χ3v) is 13.0. The molecule has 1 saturated heterocycles. The van der Waals surface area contributed by atoms with Gasteiger partial charge in [0.2, 0.25) is 0 Å². The molecule has 1 aliphatic heterocycles. The number of carbonyl (C=O) groups is 1. The van der Waals surface area contributed by atoms with Crippen molar-refractivity contribution in [2.24, 2.45) is 0 Å². The van der Waals surface area contributed by atoms with Crippen LogP contribution in [0.5, 0.6) is 0 Å². The molecular formula is C53H100O12S. The fourth-order valence-corrected chi connectivity index (χ4v) is 8.98. The highest BCUT2D eigenvalue weighted by atomic mass is 32.3. The first-order valence-electron chi connectivity index (χ1n) is 27.1. The van der Waals surface area contributed by atoms with Gasteiger partial charge in [0, 0.05) is 13.0 Å². The summed E-state index contributed by atoms with van der Waals surface area (Å²) in [5.74, 6) is -0.395. The van der Waals surface area contributed by atoms with Gasteiger partial charge in [-0.1, -0.05) is 218 Å². The lowest BCUT2D eigenvalue weighted by Gasteiger charge is -2.41. The minimum absolute atomic E-state index is 0.0398. The van der Waals surface area contributed by atoms with E-state index in [0.29, 0.717) is 13.0 Å². The minimum atomic E-state index is -5.06. The number of unbranched alkanes of at least 4 members (excludes halogenated alkanes) is 31. The van der Waals surface area contributed by atoms with Gasteiger partial charge in [-0.15, -0.1) is 0 Å². The third kappa shape index (κ3) is 37.5. The second kappa shape index (κ2) is 44.8. The van der Waals surface area contributed by atoms with Gasteiger partial charge in [-0.05, 0) is 44.9 Å². The fraction of sp³-hybridized carbons (Fsp3) is 0.906. The first-order valence-corrected chi connectivity index (χ1v) is 28.5. The van der Waals surface area contributed by atoms with Crippen LogP contribution in [0.25, 0.3) is 0 Å². The van der Waals surface area contributed by atoms with E-state index >= 15 is 0 Å². The van der Waals surface area contributed by atoms with Crippen LogP contribution in [0.1, 0.15) is 245 Å². The lowest BCUT2D eigenvalue weighted by molar-refractivity contribution is -0.301. The second-order valence-corrected chi connectivity index (χ2v) is 19.9. The molecule has 0 saturated carbocycles. The summed E-state index contributed by atoms with van der Waals surface area (Å²) in [5, 5.41) is 30.8. The van der Waals surface area contributed by atoms with Gasteiger partial charge in [-0.25, -0.2) is 4.18 Å². The van der Waals surface area contributed by atoms with Gasteiger partial charge < -0.3 is 34.3 Å². The van der Waals surface area contributed by atoms with Crippen LogP contribution < -0.4 is 0 Å². The molecule has 0 aliphatic carbocycles. The Kier molecular flexibility index (Phi) is 42.5. The van der Waals surface area contributed by atoms with Gasteiger partial charge in [-0.3, -0.25) is 9.35 Å². The number of carbonyl (C=O) groups excluding carboxylic acids is 1. The third-order valence-electron chi connectivity index (χ3n) is 12.6. The highest BCUT2D eigenvalue weighted by Gasteiger charge is 2.48. The monoisotopic (exact) mass is 961 g/mol. The summed E-state index contributed by atoms with van der Waals surface area (Å²) in [6, 6.07) is 0. The molecule has 6 unspecified atom stereocenters. The minimum Gasteiger partial charge on any atom is -0.457 e. The molecule has 1 fully saturated rings. The van der Waals surface area contributed by atoms with Crippen molar-refractivity contribution in [2.75, 3.05) is 26.4 Å². The summed E-state index contributed by atoms with van der Waals surface area (Å²) in [7, 11) is -5.06. The van der Waals surface area contributed by atoms with E-state index in [-0.39, 0.29) is 19.6 Å². The first kappa shape index (κ1) is 62.6. The summed E-state index contributed by atoms with van der Waals surface area (Å²) in [4.78, 5) is 12.9. The molecule has 6 atom stereocenters. The highest BCUT2D eigenvalue weighted by Crippen LogP contribution is 2.26.